The van der Waals surface area contributed by atoms with E-state index in [1.54, 1.807) is 0 Å². The summed E-state index contributed by atoms with van der Waals surface area (Å²) < 4.78 is 0. The highest BCUT2D eigenvalue weighted by Gasteiger charge is 2.01. The SMILES string of the molecule is CC=C(C(C)=N)C(C)C. The second-order valence-electron chi connectivity index (χ2n) is 2.52. The first kappa shape index (κ1) is 8.41. The summed E-state index contributed by atoms with van der Waals surface area (Å²) in [4.78, 5) is 0. The molecule has 0 fully saturated rings. The molecule has 1 N–H and O–H groups in total. The molecule has 1 heteroatoms. The molecule has 0 aromatic carbocycles. The van der Waals surface area contributed by atoms with Gasteiger partial charge in [0.15, 0.2) is 0 Å². The lowest BCUT2D eigenvalue weighted by atomic mass is 9.99. The summed E-state index contributed by atoms with van der Waals surface area (Å²) in [6.45, 7) is 8.02. The maximum Gasteiger partial charge on any atom is 0.0314 e. The Kier molecular flexibility index (Phi) is 3.21. The first-order valence-corrected chi connectivity index (χ1v) is 3.31. The van der Waals surface area contributed by atoms with Gasteiger partial charge in [-0.05, 0) is 25.3 Å². The number of allylic oxidation sites excluding steroid dienone is 2. The minimum absolute atomic E-state index is 0.493. The highest BCUT2D eigenvalue weighted by atomic mass is 14.4. The van der Waals surface area contributed by atoms with Crippen molar-refractivity contribution in [2.75, 3.05) is 0 Å². The fourth-order valence-corrected chi connectivity index (χ4v) is 0.983. The third-order valence-electron chi connectivity index (χ3n) is 1.37. The molecule has 9 heavy (non-hydrogen) atoms. The van der Waals surface area contributed by atoms with Gasteiger partial charge in [0.25, 0.3) is 0 Å². The van der Waals surface area contributed by atoms with Crippen LogP contribution in [0.2, 0.25) is 0 Å². The summed E-state index contributed by atoms with van der Waals surface area (Å²) in [5.41, 5.74) is 1.84. The maximum atomic E-state index is 7.31. The Morgan fingerprint density at radius 3 is 1.89 bits per heavy atom. The van der Waals surface area contributed by atoms with Gasteiger partial charge in [0.1, 0.15) is 0 Å². The molecule has 0 heterocycles. The van der Waals surface area contributed by atoms with Crippen LogP contribution in [0.15, 0.2) is 11.6 Å². The second-order valence-corrected chi connectivity index (χ2v) is 2.52. The average molecular weight is 125 g/mol. The van der Waals surface area contributed by atoms with Crippen LogP contribution in [0.3, 0.4) is 0 Å². The van der Waals surface area contributed by atoms with E-state index in [1.165, 1.54) is 0 Å². The van der Waals surface area contributed by atoms with Crippen molar-refractivity contribution in [1.29, 1.82) is 5.41 Å². The minimum atomic E-state index is 0.493. The third-order valence-corrected chi connectivity index (χ3v) is 1.37. The summed E-state index contributed by atoms with van der Waals surface area (Å²) in [5, 5.41) is 7.31. The largest absolute Gasteiger partial charge is 0.305 e. The number of rotatable bonds is 2. The van der Waals surface area contributed by atoms with Crippen molar-refractivity contribution in [3.05, 3.63) is 11.6 Å². The molecule has 0 bridgehead atoms. The fourth-order valence-electron chi connectivity index (χ4n) is 0.983. The molecule has 0 saturated carbocycles. The van der Waals surface area contributed by atoms with E-state index in [2.05, 4.69) is 13.8 Å². The summed E-state index contributed by atoms with van der Waals surface area (Å²) in [6, 6.07) is 0. The lowest BCUT2D eigenvalue weighted by Gasteiger charge is -2.07. The quantitative estimate of drug-likeness (QED) is 0.548. The molecule has 0 rings (SSSR count). The van der Waals surface area contributed by atoms with Gasteiger partial charge in [-0.1, -0.05) is 19.9 Å². The van der Waals surface area contributed by atoms with E-state index >= 15 is 0 Å². The zero-order valence-corrected chi connectivity index (χ0v) is 6.65. The van der Waals surface area contributed by atoms with Crippen LogP contribution in [0.25, 0.3) is 0 Å². The van der Waals surface area contributed by atoms with E-state index in [0.29, 0.717) is 11.6 Å². The molecule has 0 aromatic heterocycles. The van der Waals surface area contributed by atoms with Crippen molar-refractivity contribution < 1.29 is 0 Å². The average Bonchev–Trinajstić information content (AvgIpc) is 1.64. The Balaban J connectivity index is 4.19. The van der Waals surface area contributed by atoms with Gasteiger partial charge >= 0.3 is 0 Å². The van der Waals surface area contributed by atoms with Crippen molar-refractivity contribution in [3.63, 3.8) is 0 Å². The molecule has 0 aromatic rings. The second kappa shape index (κ2) is 3.44. The topological polar surface area (TPSA) is 23.9 Å². The third kappa shape index (κ3) is 2.45. The van der Waals surface area contributed by atoms with Crippen molar-refractivity contribution in [1.82, 2.24) is 0 Å². The Labute approximate surface area is 57.3 Å². The zero-order chi connectivity index (χ0) is 7.44. The van der Waals surface area contributed by atoms with E-state index in [0.717, 1.165) is 5.57 Å². The number of hydrogen-bond acceptors (Lipinski definition) is 1. The van der Waals surface area contributed by atoms with Gasteiger partial charge in [-0.15, -0.1) is 0 Å². The summed E-state index contributed by atoms with van der Waals surface area (Å²) in [7, 11) is 0. The van der Waals surface area contributed by atoms with E-state index in [4.69, 9.17) is 5.41 Å². The molecule has 0 radical (unpaired) electrons. The summed E-state index contributed by atoms with van der Waals surface area (Å²) >= 11 is 0. The molecule has 0 aliphatic rings. The van der Waals surface area contributed by atoms with Gasteiger partial charge in [0, 0.05) is 5.71 Å². The molecule has 52 valence electrons. The van der Waals surface area contributed by atoms with E-state index < -0.39 is 0 Å². The Morgan fingerprint density at radius 1 is 1.44 bits per heavy atom. The van der Waals surface area contributed by atoms with Crippen LogP contribution in [-0.4, -0.2) is 5.71 Å². The normalized spacial score (nSPS) is 12.3. The Hall–Kier alpha value is -0.590. The minimum Gasteiger partial charge on any atom is -0.305 e. The first-order valence-electron chi connectivity index (χ1n) is 3.31. The predicted octanol–water partition coefficient (Wildman–Crippen LogP) is 2.63. The van der Waals surface area contributed by atoms with Crippen molar-refractivity contribution in [2.24, 2.45) is 5.92 Å². The molecule has 0 unspecified atom stereocenters. The highest BCUT2D eigenvalue weighted by Crippen LogP contribution is 2.09. The molecule has 0 atom stereocenters. The lowest BCUT2D eigenvalue weighted by Crippen LogP contribution is -2.02. The molecule has 0 aliphatic carbocycles. The maximum absolute atomic E-state index is 7.31. The van der Waals surface area contributed by atoms with Crippen LogP contribution in [-0.2, 0) is 0 Å². The van der Waals surface area contributed by atoms with Gasteiger partial charge in [-0.3, -0.25) is 0 Å². The van der Waals surface area contributed by atoms with Gasteiger partial charge < -0.3 is 5.41 Å². The van der Waals surface area contributed by atoms with Crippen LogP contribution < -0.4 is 0 Å². The van der Waals surface area contributed by atoms with Gasteiger partial charge in [0.05, 0.1) is 0 Å². The van der Waals surface area contributed by atoms with Crippen molar-refractivity contribution in [3.8, 4) is 0 Å². The zero-order valence-electron chi connectivity index (χ0n) is 6.65. The van der Waals surface area contributed by atoms with Crippen LogP contribution in [0, 0.1) is 11.3 Å². The Morgan fingerprint density at radius 2 is 1.89 bits per heavy atom. The molecule has 0 saturated heterocycles. The van der Waals surface area contributed by atoms with E-state index in [9.17, 15) is 0 Å². The molecular weight excluding hydrogens is 110 g/mol. The van der Waals surface area contributed by atoms with Gasteiger partial charge in [0.2, 0.25) is 0 Å². The molecule has 0 aliphatic heterocycles. The number of nitrogens with one attached hydrogen (secondary N) is 1. The van der Waals surface area contributed by atoms with Gasteiger partial charge in [-0.25, -0.2) is 0 Å². The standard InChI is InChI=1S/C8H15N/c1-5-8(6(2)3)7(4)9/h5-6,9H,1-4H3. The summed E-state index contributed by atoms with van der Waals surface area (Å²) in [5.74, 6) is 0.493. The molecule has 1 nitrogen and oxygen atoms in total. The first-order chi connectivity index (χ1) is 4.09. The van der Waals surface area contributed by atoms with Gasteiger partial charge in [-0.2, -0.15) is 0 Å². The molecule has 0 spiro atoms. The monoisotopic (exact) mass is 125 g/mol. The van der Waals surface area contributed by atoms with Crippen molar-refractivity contribution in [2.45, 2.75) is 27.7 Å². The van der Waals surface area contributed by atoms with E-state index in [1.807, 2.05) is 19.9 Å². The highest BCUT2D eigenvalue weighted by molar-refractivity contribution is 5.95. The van der Waals surface area contributed by atoms with Crippen LogP contribution >= 0.6 is 0 Å². The van der Waals surface area contributed by atoms with Crippen LogP contribution in [0.1, 0.15) is 27.7 Å². The smallest absolute Gasteiger partial charge is 0.0314 e. The predicted molar refractivity (Wildman–Crippen MR) is 42.0 cm³/mol. The number of hydrogen-bond donors (Lipinski definition) is 1. The molecule has 0 amide bonds. The van der Waals surface area contributed by atoms with Crippen molar-refractivity contribution >= 4 is 5.71 Å². The van der Waals surface area contributed by atoms with Crippen LogP contribution in [0.4, 0.5) is 0 Å². The van der Waals surface area contributed by atoms with E-state index in [-0.39, 0.29) is 0 Å². The lowest BCUT2D eigenvalue weighted by molar-refractivity contribution is 0.798. The van der Waals surface area contributed by atoms with Crippen LogP contribution in [0.5, 0.6) is 0 Å². The Bertz CT molecular complexity index is 132. The summed E-state index contributed by atoms with van der Waals surface area (Å²) in [6.07, 6.45) is 2.01. The molecular formula is C8H15N. The fraction of sp³-hybridized carbons (Fsp3) is 0.625.